The molecule has 2 atom stereocenters. The van der Waals surface area contributed by atoms with Gasteiger partial charge in [-0.15, -0.1) is 0 Å². The lowest BCUT2D eigenvalue weighted by Gasteiger charge is -2.01. The fraction of sp³-hybridized carbons (Fsp3) is 0.231. The molecule has 2 nitrogen and oxygen atoms in total. The van der Waals surface area contributed by atoms with Crippen molar-refractivity contribution in [3.63, 3.8) is 0 Å². The molecular weight excluding hydrogens is 257 g/mol. The summed E-state index contributed by atoms with van der Waals surface area (Å²) in [7, 11) is 0. The fourth-order valence-corrected chi connectivity index (χ4v) is 2.31. The van der Waals surface area contributed by atoms with Crippen LogP contribution >= 0.6 is 23.2 Å². The first-order valence-electron chi connectivity index (χ1n) is 5.46. The number of halogens is 2. The van der Waals surface area contributed by atoms with Crippen LogP contribution in [0.4, 0.5) is 0 Å². The summed E-state index contributed by atoms with van der Waals surface area (Å²) in [5.41, 5.74) is 6.61. The second kappa shape index (κ2) is 4.05. The van der Waals surface area contributed by atoms with Crippen LogP contribution in [0, 0.1) is 0 Å². The van der Waals surface area contributed by atoms with Gasteiger partial charge >= 0.3 is 0 Å². The highest BCUT2D eigenvalue weighted by Crippen LogP contribution is 2.42. The molecule has 0 radical (unpaired) electrons. The average Bonchev–Trinajstić information content (AvgIpc) is 2.85. The maximum atomic E-state index is 6.12. The molecule has 1 aliphatic carbocycles. The molecule has 17 heavy (non-hydrogen) atoms. The van der Waals surface area contributed by atoms with Gasteiger partial charge in [-0.2, -0.15) is 0 Å². The Morgan fingerprint density at radius 3 is 2.65 bits per heavy atom. The lowest BCUT2D eigenvalue weighted by atomic mass is 10.2. The van der Waals surface area contributed by atoms with E-state index in [0.717, 1.165) is 23.5 Å². The molecule has 3 rings (SSSR count). The van der Waals surface area contributed by atoms with E-state index in [9.17, 15) is 0 Å². The minimum atomic E-state index is 0.240. The van der Waals surface area contributed by atoms with Crippen LogP contribution in [0.1, 0.15) is 18.1 Å². The second-order valence-electron chi connectivity index (χ2n) is 4.33. The van der Waals surface area contributed by atoms with E-state index in [1.165, 1.54) is 0 Å². The molecule has 0 aliphatic heterocycles. The first kappa shape index (κ1) is 11.1. The Kier molecular flexibility index (Phi) is 2.66. The summed E-state index contributed by atoms with van der Waals surface area (Å²) >= 11 is 12.1. The summed E-state index contributed by atoms with van der Waals surface area (Å²) in [4.78, 5) is 0. The van der Waals surface area contributed by atoms with Crippen LogP contribution in [0.5, 0.6) is 0 Å². The van der Waals surface area contributed by atoms with E-state index in [2.05, 4.69) is 0 Å². The Hall–Kier alpha value is -0.960. The molecule has 88 valence electrons. The van der Waals surface area contributed by atoms with E-state index in [0.29, 0.717) is 16.0 Å². The molecule has 1 aliphatic rings. The summed E-state index contributed by atoms with van der Waals surface area (Å²) < 4.78 is 5.78. The van der Waals surface area contributed by atoms with Gasteiger partial charge in [-0.1, -0.05) is 23.2 Å². The van der Waals surface area contributed by atoms with Gasteiger partial charge in [0.05, 0.1) is 5.02 Å². The highest BCUT2D eigenvalue weighted by atomic mass is 35.5. The van der Waals surface area contributed by atoms with Crippen molar-refractivity contribution in [2.24, 2.45) is 5.73 Å². The van der Waals surface area contributed by atoms with Crippen LogP contribution in [0.15, 0.2) is 34.7 Å². The molecule has 0 spiro atoms. The Bertz CT molecular complexity index is 564. The number of nitrogens with two attached hydrogens (primary N) is 1. The normalized spacial score (nSPS) is 22.8. The van der Waals surface area contributed by atoms with Crippen molar-refractivity contribution in [1.29, 1.82) is 0 Å². The van der Waals surface area contributed by atoms with Gasteiger partial charge in [-0.05, 0) is 36.8 Å². The van der Waals surface area contributed by atoms with Crippen molar-refractivity contribution < 1.29 is 4.42 Å². The van der Waals surface area contributed by atoms with Gasteiger partial charge in [-0.25, -0.2) is 0 Å². The Morgan fingerprint density at radius 2 is 1.94 bits per heavy atom. The van der Waals surface area contributed by atoms with Crippen molar-refractivity contribution in [2.75, 3.05) is 0 Å². The van der Waals surface area contributed by atoms with E-state index in [4.69, 9.17) is 33.4 Å². The second-order valence-corrected chi connectivity index (χ2v) is 5.18. The van der Waals surface area contributed by atoms with E-state index in [1.807, 2.05) is 12.1 Å². The monoisotopic (exact) mass is 267 g/mol. The Labute approximate surface area is 109 Å². The van der Waals surface area contributed by atoms with Gasteiger partial charge in [-0.3, -0.25) is 0 Å². The molecule has 1 aromatic heterocycles. The summed E-state index contributed by atoms with van der Waals surface area (Å²) in [6.45, 7) is 0. The summed E-state index contributed by atoms with van der Waals surface area (Å²) in [6, 6.07) is 9.45. The smallest absolute Gasteiger partial charge is 0.135 e. The van der Waals surface area contributed by atoms with E-state index < -0.39 is 0 Å². The zero-order valence-corrected chi connectivity index (χ0v) is 10.5. The third-order valence-corrected chi connectivity index (χ3v) is 3.59. The molecule has 1 fully saturated rings. The molecule has 4 heteroatoms. The maximum Gasteiger partial charge on any atom is 0.135 e. The Balaban J connectivity index is 1.98. The molecule has 1 saturated carbocycles. The van der Waals surface area contributed by atoms with E-state index >= 15 is 0 Å². The lowest BCUT2D eigenvalue weighted by Crippen LogP contribution is -2.00. The van der Waals surface area contributed by atoms with Gasteiger partial charge in [0.1, 0.15) is 11.5 Å². The van der Waals surface area contributed by atoms with Crippen LogP contribution in [0.2, 0.25) is 10.0 Å². The van der Waals surface area contributed by atoms with Crippen LogP contribution in [0.3, 0.4) is 0 Å². The van der Waals surface area contributed by atoms with Crippen molar-refractivity contribution in [3.05, 3.63) is 46.1 Å². The van der Waals surface area contributed by atoms with Gasteiger partial charge in [0, 0.05) is 22.5 Å². The summed E-state index contributed by atoms with van der Waals surface area (Å²) in [5.74, 6) is 2.04. The third-order valence-electron chi connectivity index (χ3n) is 3.03. The van der Waals surface area contributed by atoms with E-state index in [-0.39, 0.29) is 6.04 Å². The van der Waals surface area contributed by atoms with Crippen molar-refractivity contribution >= 4 is 23.2 Å². The van der Waals surface area contributed by atoms with Crippen molar-refractivity contribution in [1.82, 2.24) is 0 Å². The van der Waals surface area contributed by atoms with Crippen LogP contribution in [-0.2, 0) is 0 Å². The largest absolute Gasteiger partial charge is 0.461 e. The number of furan rings is 1. The summed E-state index contributed by atoms with van der Waals surface area (Å²) in [6.07, 6.45) is 0.996. The molecule has 1 aromatic carbocycles. The fourth-order valence-electron chi connectivity index (χ4n) is 1.92. The molecule has 0 bridgehead atoms. The lowest BCUT2D eigenvalue weighted by molar-refractivity contribution is 0.522. The van der Waals surface area contributed by atoms with Crippen LogP contribution in [-0.4, -0.2) is 6.04 Å². The van der Waals surface area contributed by atoms with Gasteiger partial charge in [0.2, 0.25) is 0 Å². The van der Waals surface area contributed by atoms with Gasteiger partial charge in [0.25, 0.3) is 0 Å². The SMILES string of the molecule is N[C@@H]1C[C@@H]1c1ccc(-c2cc(Cl)ccc2Cl)o1. The highest BCUT2D eigenvalue weighted by molar-refractivity contribution is 6.35. The minimum absolute atomic E-state index is 0.240. The van der Waals surface area contributed by atoms with Crippen molar-refractivity contribution in [3.8, 4) is 11.3 Å². The zero-order valence-electron chi connectivity index (χ0n) is 8.99. The standard InChI is InChI=1S/C13H11Cl2NO/c14-7-1-2-10(15)8(5-7)12-3-4-13(17-12)9-6-11(9)16/h1-5,9,11H,6,16H2/t9-,11+/m0/s1. The van der Waals surface area contributed by atoms with Gasteiger partial charge in [0.15, 0.2) is 0 Å². The summed E-state index contributed by atoms with van der Waals surface area (Å²) in [5, 5.41) is 1.28. The maximum absolute atomic E-state index is 6.12. The molecule has 2 aromatic rings. The molecule has 1 heterocycles. The average molecular weight is 268 g/mol. The topological polar surface area (TPSA) is 39.2 Å². The minimum Gasteiger partial charge on any atom is -0.461 e. The number of rotatable bonds is 2. The zero-order chi connectivity index (χ0) is 12.0. The predicted octanol–water partition coefficient (Wildman–Crippen LogP) is 4.07. The number of hydrogen-bond donors (Lipinski definition) is 1. The van der Waals surface area contributed by atoms with E-state index in [1.54, 1.807) is 18.2 Å². The van der Waals surface area contributed by atoms with Crippen molar-refractivity contribution in [2.45, 2.75) is 18.4 Å². The first-order valence-corrected chi connectivity index (χ1v) is 6.21. The molecule has 0 amide bonds. The number of benzene rings is 1. The molecular formula is C13H11Cl2NO. The van der Waals surface area contributed by atoms with Crippen LogP contribution in [0.25, 0.3) is 11.3 Å². The van der Waals surface area contributed by atoms with Crippen LogP contribution < -0.4 is 5.73 Å². The quantitative estimate of drug-likeness (QED) is 0.891. The number of hydrogen-bond acceptors (Lipinski definition) is 2. The molecule has 2 N–H and O–H groups in total. The highest BCUT2D eigenvalue weighted by Gasteiger charge is 2.37. The predicted molar refractivity (Wildman–Crippen MR) is 69.5 cm³/mol. The Morgan fingerprint density at radius 1 is 1.18 bits per heavy atom. The van der Waals surface area contributed by atoms with Gasteiger partial charge < -0.3 is 10.2 Å². The molecule has 0 unspecified atom stereocenters. The third kappa shape index (κ3) is 2.08. The molecule has 0 saturated heterocycles. The first-order chi connectivity index (χ1) is 8.15.